The standard InChI is InChI=1S/C24H26N2O4/c1-17-15-22(18(2)26(17)20-7-5-4-6-8-20)24(28)30-16-23(27)25-14-13-19-9-11-21(29-3)12-10-19/h4-12,15H,13-14,16H2,1-3H3,(H,25,27). The van der Waals surface area contributed by atoms with E-state index in [9.17, 15) is 9.59 Å². The molecule has 0 spiro atoms. The SMILES string of the molecule is COc1ccc(CCNC(=O)COC(=O)c2cc(C)n(-c3ccccc3)c2C)cc1. The van der Waals surface area contributed by atoms with Crippen molar-refractivity contribution >= 4 is 11.9 Å². The van der Waals surface area contributed by atoms with Crippen molar-refractivity contribution in [2.24, 2.45) is 0 Å². The van der Waals surface area contributed by atoms with Crippen molar-refractivity contribution in [2.45, 2.75) is 20.3 Å². The average Bonchev–Trinajstić information content (AvgIpc) is 3.07. The number of hydrogen-bond donors (Lipinski definition) is 1. The topological polar surface area (TPSA) is 69.6 Å². The van der Waals surface area contributed by atoms with E-state index in [4.69, 9.17) is 9.47 Å². The maximum absolute atomic E-state index is 12.5. The summed E-state index contributed by atoms with van der Waals surface area (Å²) in [6.07, 6.45) is 0.682. The van der Waals surface area contributed by atoms with Crippen molar-refractivity contribution in [3.63, 3.8) is 0 Å². The number of amides is 1. The van der Waals surface area contributed by atoms with Crippen molar-refractivity contribution in [1.82, 2.24) is 9.88 Å². The summed E-state index contributed by atoms with van der Waals surface area (Å²) in [5.74, 6) is -0.0364. The van der Waals surface area contributed by atoms with Crippen LogP contribution in [0, 0.1) is 13.8 Å². The van der Waals surface area contributed by atoms with Gasteiger partial charge in [-0.05, 0) is 56.2 Å². The number of esters is 1. The Kier molecular flexibility index (Phi) is 6.91. The first-order valence-corrected chi connectivity index (χ1v) is 9.80. The largest absolute Gasteiger partial charge is 0.497 e. The van der Waals surface area contributed by atoms with Crippen LogP contribution < -0.4 is 10.1 Å². The van der Waals surface area contributed by atoms with Crippen molar-refractivity contribution < 1.29 is 19.1 Å². The molecule has 1 N–H and O–H groups in total. The number of carbonyl (C=O) groups excluding carboxylic acids is 2. The maximum atomic E-state index is 12.5. The lowest BCUT2D eigenvalue weighted by Gasteiger charge is -2.10. The first-order valence-electron chi connectivity index (χ1n) is 9.80. The Labute approximate surface area is 176 Å². The normalized spacial score (nSPS) is 10.5. The van der Waals surface area contributed by atoms with Crippen LogP contribution in [0.25, 0.3) is 5.69 Å². The molecule has 0 aliphatic heterocycles. The van der Waals surface area contributed by atoms with E-state index in [1.54, 1.807) is 13.2 Å². The highest BCUT2D eigenvalue weighted by molar-refractivity contribution is 5.93. The molecule has 0 fully saturated rings. The number of benzene rings is 2. The molecule has 3 rings (SSSR count). The number of ether oxygens (including phenoxy) is 2. The van der Waals surface area contributed by atoms with Gasteiger partial charge in [-0.3, -0.25) is 4.79 Å². The number of rotatable bonds is 8. The average molecular weight is 406 g/mol. The predicted molar refractivity (Wildman–Crippen MR) is 115 cm³/mol. The predicted octanol–water partition coefficient (Wildman–Crippen LogP) is 3.62. The van der Waals surface area contributed by atoms with Gasteiger partial charge in [-0.1, -0.05) is 30.3 Å². The lowest BCUT2D eigenvalue weighted by atomic mass is 10.1. The third-order valence-corrected chi connectivity index (χ3v) is 4.89. The Morgan fingerprint density at radius 3 is 2.37 bits per heavy atom. The summed E-state index contributed by atoms with van der Waals surface area (Å²) < 4.78 is 12.3. The molecule has 1 heterocycles. The van der Waals surface area contributed by atoms with E-state index < -0.39 is 5.97 Å². The van der Waals surface area contributed by atoms with Crippen LogP contribution in [-0.4, -0.2) is 36.7 Å². The molecule has 0 saturated carbocycles. The van der Waals surface area contributed by atoms with E-state index in [1.807, 2.05) is 73.0 Å². The highest BCUT2D eigenvalue weighted by Crippen LogP contribution is 2.21. The maximum Gasteiger partial charge on any atom is 0.340 e. The molecule has 30 heavy (non-hydrogen) atoms. The number of aryl methyl sites for hydroxylation is 1. The zero-order chi connectivity index (χ0) is 21.5. The van der Waals surface area contributed by atoms with Gasteiger partial charge >= 0.3 is 5.97 Å². The molecule has 0 aliphatic rings. The summed E-state index contributed by atoms with van der Waals surface area (Å²) in [7, 11) is 1.62. The number of aromatic nitrogens is 1. The van der Waals surface area contributed by atoms with Crippen LogP contribution in [0.4, 0.5) is 0 Å². The van der Waals surface area contributed by atoms with Crippen LogP contribution in [-0.2, 0) is 16.0 Å². The van der Waals surface area contributed by atoms with Crippen molar-refractivity contribution in [1.29, 1.82) is 0 Å². The Morgan fingerprint density at radius 1 is 1.00 bits per heavy atom. The fourth-order valence-corrected chi connectivity index (χ4v) is 3.34. The van der Waals surface area contributed by atoms with Gasteiger partial charge in [-0.2, -0.15) is 0 Å². The first-order chi connectivity index (χ1) is 14.5. The van der Waals surface area contributed by atoms with Gasteiger partial charge in [0.2, 0.25) is 0 Å². The highest BCUT2D eigenvalue weighted by Gasteiger charge is 2.18. The minimum atomic E-state index is -0.504. The van der Waals surface area contributed by atoms with Crippen LogP contribution in [0.2, 0.25) is 0 Å². The molecule has 1 amide bonds. The van der Waals surface area contributed by atoms with Gasteiger partial charge in [0.1, 0.15) is 5.75 Å². The second kappa shape index (κ2) is 9.78. The second-order valence-corrected chi connectivity index (χ2v) is 6.98. The number of carbonyl (C=O) groups is 2. The molecule has 0 unspecified atom stereocenters. The summed E-state index contributed by atoms with van der Waals surface area (Å²) in [6, 6.07) is 19.2. The van der Waals surface area contributed by atoms with Crippen LogP contribution >= 0.6 is 0 Å². The molecular formula is C24H26N2O4. The van der Waals surface area contributed by atoms with Crippen LogP contribution in [0.15, 0.2) is 60.7 Å². The van der Waals surface area contributed by atoms with Crippen molar-refractivity contribution in [3.8, 4) is 11.4 Å². The molecular weight excluding hydrogens is 380 g/mol. The molecule has 0 saturated heterocycles. The first kappa shape index (κ1) is 21.2. The van der Waals surface area contributed by atoms with E-state index in [1.165, 1.54) is 0 Å². The molecule has 156 valence electrons. The van der Waals surface area contributed by atoms with Crippen LogP contribution in [0.5, 0.6) is 5.75 Å². The molecule has 0 aliphatic carbocycles. The molecule has 6 heteroatoms. The zero-order valence-corrected chi connectivity index (χ0v) is 17.5. The molecule has 0 radical (unpaired) electrons. The number of para-hydroxylation sites is 1. The summed E-state index contributed by atoms with van der Waals surface area (Å²) in [5, 5.41) is 2.77. The molecule has 0 bridgehead atoms. The van der Waals surface area contributed by atoms with Crippen molar-refractivity contribution in [2.75, 3.05) is 20.3 Å². The molecule has 3 aromatic rings. The highest BCUT2D eigenvalue weighted by atomic mass is 16.5. The Balaban J connectivity index is 1.51. The molecule has 1 aromatic heterocycles. The number of nitrogens with zero attached hydrogens (tertiary/aromatic N) is 1. The van der Waals surface area contributed by atoms with Gasteiger partial charge in [0, 0.05) is 23.6 Å². The Bertz CT molecular complexity index is 1010. The van der Waals surface area contributed by atoms with E-state index in [-0.39, 0.29) is 12.5 Å². The second-order valence-electron chi connectivity index (χ2n) is 6.98. The zero-order valence-electron chi connectivity index (χ0n) is 17.5. The Morgan fingerprint density at radius 2 is 1.70 bits per heavy atom. The van der Waals surface area contributed by atoms with E-state index in [0.717, 1.165) is 28.4 Å². The van der Waals surface area contributed by atoms with Gasteiger partial charge in [0.15, 0.2) is 6.61 Å². The van der Waals surface area contributed by atoms with Crippen molar-refractivity contribution in [3.05, 3.63) is 83.2 Å². The van der Waals surface area contributed by atoms with E-state index in [0.29, 0.717) is 18.5 Å². The smallest absolute Gasteiger partial charge is 0.340 e. The molecule has 6 nitrogen and oxygen atoms in total. The van der Waals surface area contributed by atoms with Gasteiger partial charge in [0.25, 0.3) is 5.91 Å². The third-order valence-electron chi connectivity index (χ3n) is 4.89. The number of hydrogen-bond acceptors (Lipinski definition) is 4. The lowest BCUT2D eigenvalue weighted by Crippen LogP contribution is -2.30. The van der Waals surface area contributed by atoms with Gasteiger partial charge in [-0.15, -0.1) is 0 Å². The van der Waals surface area contributed by atoms with E-state index in [2.05, 4.69) is 5.32 Å². The minimum Gasteiger partial charge on any atom is -0.497 e. The number of methoxy groups -OCH3 is 1. The molecule has 2 aromatic carbocycles. The fourth-order valence-electron chi connectivity index (χ4n) is 3.34. The number of nitrogens with one attached hydrogen (secondary N) is 1. The minimum absolute atomic E-state index is 0.309. The quantitative estimate of drug-likeness (QED) is 0.580. The third kappa shape index (κ3) is 5.08. The molecule has 0 atom stereocenters. The Hall–Kier alpha value is -3.54. The lowest BCUT2D eigenvalue weighted by molar-refractivity contribution is -0.124. The summed E-state index contributed by atoms with van der Waals surface area (Å²) >= 11 is 0. The van der Waals surface area contributed by atoms with E-state index >= 15 is 0 Å². The van der Waals surface area contributed by atoms with Crippen LogP contribution in [0.1, 0.15) is 27.3 Å². The van der Waals surface area contributed by atoms with Crippen LogP contribution in [0.3, 0.4) is 0 Å². The fraction of sp³-hybridized carbons (Fsp3) is 0.250. The van der Waals surface area contributed by atoms with Gasteiger partial charge in [-0.25, -0.2) is 4.79 Å². The van der Waals surface area contributed by atoms with Gasteiger partial charge in [0.05, 0.1) is 12.7 Å². The monoisotopic (exact) mass is 406 g/mol. The summed E-state index contributed by atoms with van der Waals surface area (Å²) in [6.45, 7) is 3.95. The summed E-state index contributed by atoms with van der Waals surface area (Å²) in [5.41, 5.74) is 4.23. The summed E-state index contributed by atoms with van der Waals surface area (Å²) in [4.78, 5) is 24.5. The van der Waals surface area contributed by atoms with Gasteiger partial charge < -0.3 is 19.4 Å².